The highest BCUT2D eigenvalue weighted by Gasteiger charge is 2.26. The van der Waals surface area contributed by atoms with Crippen LogP contribution in [-0.4, -0.2) is 31.8 Å². The molecule has 8 nitrogen and oxygen atoms in total. The number of nitrogens with two attached hydrogens (primary N) is 1. The van der Waals surface area contributed by atoms with Gasteiger partial charge in [-0.2, -0.15) is 0 Å². The third kappa shape index (κ3) is 3.93. The van der Waals surface area contributed by atoms with Gasteiger partial charge < -0.3 is 16.4 Å². The van der Waals surface area contributed by atoms with Crippen LogP contribution in [0, 0.1) is 5.92 Å². The van der Waals surface area contributed by atoms with E-state index in [9.17, 15) is 4.79 Å². The third-order valence-corrected chi connectivity index (χ3v) is 7.13. The predicted octanol–water partition coefficient (Wildman–Crippen LogP) is 3.74. The molecule has 0 saturated carbocycles. The van der Waals surface area contributed by atoms with Crippen molar-refractivity contribution in [1.29, 1.82) is 0 Å². The number of aryl methyl sites for hydroxylation is 1. The van der Waals surface area contributed by atoms with Gasteiger partial charge in [0.05, 0.1) is 17.7 Å². The van der Waals surface area contributed by atoms with Crippen molar-refractivity contribution < 1.29 is 4.79 Å². The number of hydrogen-bond acceptors (Lipinski definition) is 7. The van der Waals surface area contributed by atoms with E-state index in [2.05, 4.69) is 38.0 Å². The van der Waals surface area contributed by atoms with Gasteiger partial charge in [-0.3, -0.25) is 9.20 Å². The summed E-state index contributed by atoms with van der Waals surface area (Å²) in [5, 5.41) is 7.16. The summed E-state index contributed by atoms with van der Waals surface area (Å²) in [6.45, 7) is 3.07. The van der Waals surface area contributed by atoms with Crippen LogP contribution in [0.3, 0.4) is 0 Å². The first-order chi connectivity index (χ1) is 15.6. The van der Waals surface area contributed by atoms with Crippen molar-refractivity contribution in [3.63, 3.8) is 0 Å². The quantitative estimate of drug-likeness (QED) is 0.547. The number of nitrogens with one attached hydrogen (secondary N) is 2. The number of nitrogens with zero attached hydrogens (tertiary/aromatic N) is 4. The van der Waals surface area contributed by atoms with E-state index >= 15 is 0 Å². The number of allylic oxidation sites excluding steroid dienone is 3. The lowest BCUT2D eigenvalue weighted by Gasteiger charge is -2.22. The second-order valence-electron chi connectivity index (χ2n) is 8.19. The molecule has 1 fully saturated rings. The molecule has 1 aliphatic heterocycles. The fourth-order valence-electron chi connectivity index (χ4n) is 4.32. The maximum atomic E-state index is 12.7. The molecule has 2 aliphatic rings. The Morgan fingerprint density at radius 1 is 1.38 bits per heavy atom. The summed E-state index contributed by atoms with van der Waals surface area (Å²) in [6, 6.07) is 0.199. The first-order valence-corrected chi connectivity index (χ1v) is 12.0. The summed E-state index contributed by atoms with van der Waals surface area (Å²) in [5.74, 6) is 1.14. The summed E-state index contributed by atoms with van der Waals surface area (Å²) in [6.07, 6.45) is 16.4. The summed E-state index contributed by atoms with van der Waals surface area (Å²) in [7, 11) is 0. The lowest BCUT2D eigenvalue weighted by molar-refractivity contribution is -0.118. The third-order valence-electron chi connectivity index (χ3n) is 6.07. The van der Waals surface area contributed by atoms with E-state index in [0.29, 0.717) is 17.4 Å². The lowest BCUT2D eigenvalue weighted by Crippen LogP contribution is -2.28. The summed E-state index contributed by atoms with van der Waals surface area (Å²) in [4.78, 5) is 27.4. The van der Waals surface area contributed by atoms with Gasteiger partial charge in [0.15, 0.2) is 5.13 Å². The number of carbonyl (C=O) groups excluding carboxylic acids is 1. The maximum absolute atomic E-state index is 12.7. The van der Waals surface area contributed by atoms with Crippen molar-refractivity contribution in [2.75, 3.05) is 17.6 Å². The molecule has 5 rings (SSSR count). The molecule has 3 aromatic rings. The van der Waals surface area contributed by atoms with Crippen LogP contribution in [0.5, 0.6) is 0 Å². The summed E-state index contributed by atoms with van der Waals surface area (Å²) < 4.78 is 2.06. The number of piperidine rings is 1. The van der Waals surface area contributed by atoms with Crippen molar-refractivity contribution in [3.05, 3.63) is 53.2 Å². The number of nitrogen functional groups attached to an aromatic ring is 1. The van der Waals surface area contributed by atoms with E-state index in [4.69, 9.17) is 10.7 Å². The Bertz CT molecular complexity index is 1200. The number of hydrogen-bond donors (Lipinski definition) is 3. The number of amides is 1. The van der Waals surface area contributed by atoms with Gasteiger partial charge in [0.2, 0.25) is 5.91 Å². The Labute approximate surface area is 190 Å². The number of imidazole rings is 1. The molecule has 1 saturated heterocycles. The molecule has 9 heteroatoms. The molecule has 166 valence electrons. The second-order valence-corrected chi connectivity index (χ2v) is 9.30. The van der Waals surface area contributed by atoms with E-state index in [-0.39, 0.29) is 17.9 Å². The zero-order valence-corrected chi connectivity index (χ0v) is 18.9. The highest BCUT2D eigenvalue weighted by atomic mass is 32.1. The minimum atomic E-state index is -0.239. The Balaban J connectivity index is 1.38. The molecule has 0 spiro atoms. The van der Waals surface area contributed by atoms with Crippen LogP contribution in [0.2, 0.25) is 0 Å². The number of carbonyl (C=O) groups is 1. The topological polar surface area (TPSA) is 110 Å². The fraction of sp³-hybridized carbons (Fsp3) is 0.391. The number of rotatable bonds is 5. The number of fused-ring (bicyclic) bond motifs is 1. The van der Waals surface area contributed by atoms with Gasteiger partial charge in [-0.05, 0) is 37.8 Å². The molecule has 2 atom stereocenters. The molecule has 0 radical (unpaired) electrons. The Kier molecular flexibility index (Phi) is 5.75. The van der Waals surface area contributed by atoms with E-state index in [0.717, 1.165) is 46.9 Å². The molecule has 4 N–H and O–H groups in total. The normalized spacial score (nSPS) is 21.0. The zero-order chi connectivity index (χ0) is 22.1. The van der Waals surface area contributed by atoms with Crippen molar-refractivity contribution in [1.82, 2.24) is 24.7 Å². The molecule has 4 heterocycles. The monoisotopic (exact) mass is 449 g/mol. The maximum Gasteiger partial charge on any atom is 0.233 e. The Hall–Kier alpha value is -3.04. The highest BCUT2D eigenvalue weighted by Crippen LogP contribution is 2.33. The van der Waals surface area contributed by atoms with Crippen LogP contribution in [0.4, 0.5) is 10.9 Å². The summed E-state index contributed by atoms with van der Waals surface area (Å²) >= 11 is 1.52. The average Bonchev–Trinajstić information content (AvgIpc) is 3.45. The SMILES string of the molecule is CCc1cnc(NC(=O)C2C=CC(c3nc([C@@H]4CCCCN4)n4ccnc(N)c34)=CC2)s1. The van der Waals surface area contributed by atoms with Crippen molar-refractivity contribution in [3.8, 4) is 0 Å². The van der Waals surface area contributed by atoms with Crippen LogP contribution in [0.25, 0.3) is 11.1 Å². The number of aromatic nitrogens is 4. The minimum Gasteiger partial charge on any atom is -0.382 e. The smallest absolute Gasteiger partial charge is 0.233 e. The summed E-state index contributed by atoms with van der Waals surface area (Å²) in [5.41, 5.74) is 8.88. The molecular weight excluding hydrogens is 422 g/mol. The Morgan fingerprint density at radius 3 is 3.00 bits per heavy atom. The van der Waals surface area contributed by atoms with Gasteiger partial charge >= 0.3 is 0 Å². The Morgan fingerprint density at radius 2 is 2.28 bits per heavy atom. The molecular formula is C23H27N7OS. The van der Waals surface area contributed by atoms with Crippen molar-refractivity contribution in [2.24, 2.45) is 5.92 Å². The van der Waals surface area contributed by atoms with Gasteiger partial charge in [-0.15, -0.1) is 11.3 Å². The molecule has 3 aromatic heterocycles. The molecule has 1 unspecified atom stereocenters. The molecule has 0 aromatic carbocycles. The van der Waals surface area contributed by atoms with Crippen LogP contribution in [-0.2, 0) is 11.2 Å². The van der Waals surface area contributed by atoms with E-state index in [1.807, 2.05) is 24.5 Å². The largest absolute Gasteiger partial charge is 0.382 e. The van der Waals surface area contributed by atoms with E-state index in [1.165, 1.54) is 24.2 Å². The number of anilines is 2. The van der Waals surface area contributed by atoms with Gasteiger partial charge in [0.25, 0.3) is 0 Å². The number of thiazole rings is 1. The van der Waals surface area contributed by atoms with E-state index < -0.39 is 0 Å². The molecule has 1 aliphatic carbocycles. The lowest BCUT2D eigenvalue weighted by atomic mass is 9.94. The predicted molar refractivity (Wildman–Crippen MR) is 127 cm³/mol. The first kappa shape index (κ1) is 20.8. The van der Waals surface area contributed by atoms with Crippen LogP contribution in [0.15, 0.2) is 36.8 Å². The van der Waals surface area contributed by atoms with E-state index in [1.54, 1.807) is 6.20 Å². The van der Waals surface area contributed by atoms with Crippen molar-refractivity contribution >= 4 is 39.3 Å². The molecule has 32 heavy (non-hydrogen) atoms. The fourth-order valence-corrected chi connectivity index (χ4v) is 5.08. The van der Waals surface area contributed by atoms with Crippen LogP contribution in [0.1, 0.15) is 55.0 Å². The van der Waals surface area contributed by atoms with Crippen LogP contribution < -0.4 is 16.4 Å². The first-order valence-electron chi connectivity index (χ1n) is 11.1. The zero-order valence-electron chi connectivity index (χ0n) is 18.0. The second kappa shape index (κ2) is 8.84. The average molecular weight is 450 g/mol. The molecule has 0 bridgehead atoms. The van der Waals surface area contributed by atoms with Gasteiger partial charge in [0, 0.05) is 23.5 Å². The van der Waals surface area contributed by atoms with Gasteiger partial charge in [-0.25, -0.2) is 15.0 Å². The minimum absolute atomic E-state index is 0.0449. The standard InChI is InChI=1S/C23H27N7OS/c1-2-16-13-27-23(32-16)29-22(31)15-8-6-14(7-9-15)18-19-20(24)26-11-12-30(19)21(28-18)17-5-3-4-10-25-17/h6-8,11-13,15,17,25H,2-5,9-10H2,1H3,(H2,24,26)(H,27,29,31)/t15?,17-/m0/s1. The van der Waals surface area contributed by atoms with Gasteiger partial charge in [-0.1, -0.05) is 31.6 Å². The van der Waals surface area contributed by atoms with Gasteiger partial charge in [0.1, 0.15) is 17.2 Å². The van der Waals surface area contributed by atoms with Crippen LogP contribution >= 0.6 is 11.3 Å². The molecule has 1 amide bonds. The highest BCUT2D eigenvalue weighted by molar-refractivity contribution is 7.15. The van der Waals surface area contributed by atoms with Crippen molar-refractivity contribution in [2.45, 2.75) is 45.1 Å².